The lowest BCUT2D eigenvalue weighted by Gasteiger charge is -2.17. The Labute approximate surface area is 128 Å². The summed E-state index contributed by atoms with van der Waals surface area (Å²) in [4.78, 5) is 23.8. The Morgan fingerprint density at radius 1 is 1.50 bits per heavy atom. The summed E-state index contributed by atoms with van der Waals surface area (Å²) in [5, 5.41) is 16.9. The zero-order valence-corrected chi connectivity index (χ0v) is 12.7. The summed E-state index contributed by atoms with van der Waals surface area (Å²) in [6.07, 6.45) is 3.11. The minimum Gasteiger partial charge on any atom is -0.456 e. The van der Waals surface area contributed by atoms with E-state index >= 15 is 0 Å². The van der Waals surface area contributed by atoms with Crippen molar-refractivity contribution in [2.45, 2.75) is 20.3 Å². The molecule has 22 heavy (non-hydrogen) atoms. The van der Waals surface area contributed by atoms with Crippen LogP contribution in [-0.2, 0) is 0 Å². The topological polar surface area (TPSA) is 113 Å². The first kappa shape index (κ1) is 17.6. The molecule has 1 rings (SSSR count). The average molecular weight is 311 g/mol. The van der Waals surface area contributed by atoms with Crippen molar-refractivity contribution in [2.75, 3.05) is 26.2 Å². The number of hydrazone groups is 1. The molecule has 9 heteroatoms. The van der Waals surface area contributed by atoms with E-state index in [9.17, 15) is 14.9 Å². The molecule has 0 spiro atoms. The number of amides is 2. The first-order chi connectivity index (χ1) is 10.6. The average Bonchev–Trinajstić information content (AvgIpc) is 2.96. The molecule has 2 amide bonds. The lowest BCUT2D eigenvalue weighted by Crippen LogP contribution is -2.34. The van der Waals surface area contributed by atoms with Crippen molar-refractivity contribution in [1.82, 2.24) is 15.6 Å². The Bertz CT molecular complexity index is 510. The molecule has 1 aromatic rings. The summed E-state index contributed by atoms with van der Waals surface area (Å²) in [6.45, 7) is 7.58. The third-order valence-electron chi connectivity index (χ3n) is 3.05. The van der Waals surface area contributed by atoms with Gasteiger partial charge in [-0.15, -0.1) is 0 Å². The Kier molecular flexibility index (Phi) is 7.62. The maximum absolute atomic E-state index is 11.5. The van der Waals surface area contributed by atoms with E-state index in [4.69, 9.17) is 4.42 Å². The van der Waals surface area contributed by atoms with Crippen LogP contribution in [0.5, 0.6) is 0 Å². The maximum atomic E-state index is 11.5. The second kappa shape index (κ2) is 9.50. The molecule has 122 valence electrons. The fourth-order valence-corrected chi connectivity index (χ4v) is 1.80. The van der Waals surface area contributed by atoms with Gasteiger partial charge < -0.3 is 14.6 Å². The SMILES string of the molecule is CCN(CC)CCCNC(=O)NN=Cc1occc1[N+](=O)[O-]. The van der Waals surface area contributed by atoms with Gasteiger partial charge in [-0.05, 0) is 26.1 Å². The smallest absolute Gasteiger partial charge is 0.335 e. The number of hydrogen-bond donors (Lipinski definition) is 2. The van der Waals surface area contributed by atoms with Crippen molar-refractivity contribution in [3.63, 3.8) is 0 Å². The number of rotatable bonds is 9. The molecule has 0 aliphatic carbocycles. The molecule has 0 saturated carbocycles. The summed E-state index contributed by atoms with van der Waals surface area (Å²) in [6, 6.07) is 0.749. The van der Waals surface area contributed by atoms with Crippen molar-refractivity contribution < 1.29 is 14.1 Å². The van der Waals surface area contributed by atoms with Gasteiger partial charge in [-0.3, -0.25) is 10.1 Å². The summed E-state index contributed by atoms with van der Waals surface area (Å²) in [5.74, 6) is -0.0215. The molecule has 0 unspecified atom stereocenters. The molecule has 0 atom stereocenters. The molecule has 0 bridgehead atoms. The first-order valence-electron chi connectivity index (χ1n) is 7.09. The van der Waals surface area contributed by atoms with E-state index in [1.54, 1.807) is 0 Å². The van der Waals surface area contributed by atoms with Gasteiger partial charge in [0.25, 0.3) is 0 Å². The van der Waals surface area contributed by atoms with Crippen LogP contribution in [0.25, 0.3) is 0 Å². The molecule has 1 aromatic heterocycles. The fourth-order valence-electron chi connectivity index (χ4n) is 1.80. The predicted octanol–water partition coefficient (Wildman–Crippen LogP) is 1.55. The van der Waals surface area contributed by atoms with E-state index < -0.39 is 11.0 Å². The van der Waals surface area contributed by atoms with Gasteiger partial charge in [0.1, 0.15) is 0 Å². The highest BCUT2D eigenvalue weighted by Crippen LogP contribution is 2.16. The summed E-state index contributed by atoms with van der Waals surface area (Å²) < 4.78 is 4.89. The van der Waals surface area contributed by atoms with Gasteiger partial charge >= 0.3 is 11.7 Å². The predicted molar refractivity (Wildman–Crippen MR) is 81.9 cm³/mol. The number of hydrogen-bond acceptors (Lipinski definition) is 6. The van der Waals surface area contributed by atoms with Crippen molar-refractivity contribution in [1.29, 1.82) is 0 Å². The molecule has 0 saturated heterocycles. The molecule has 2 N–H and O–H groups in total. The number of nitro groups is 1. The normalized spacial score (nSPS) is 11.0. The van der Waals surface area contributed by atoms with Crippen molar-refractivity contribution in [3.05, 3.63) is 28.2 Å². The Balaban J connectivity index is 2.27. The van der Waals surface area contributed by atoms with Gasteiger partial charge in [-0.1, -0.05) is 13.8 Å². The van der Waals surface area contributed by atoms with Crippen molar-refractivity contribution in [3.8, 4) is 0 Å². The zero-order valence-electron chi connectivity index (χ0n) is 12.7. The second-order valence-corrected chi connectivity index (χ2v) is 4.43. The number of nitrogens with zero attached hydrogens (tertiary/aromatic N) is 3. The van der Waals surface area contributed by atoms with Crippen LogP contribution in [0.2, 0.25) is 0 Å². The zero-order chi connectivity index (χ0) is 16.4. The van der Waals surface area contributed by atoms with E-state index in [1.807, 2.05) is 0 Å². The number of carbonyl (C=O) groups excluding carboxylic acids is 1. The highest BCUT2D eigenvalue weighted by Gasteiger charge is 2.14. The maximum Gasteiger partial charge on any atom is 0.335 e. The Morgan fingerprint density at radius 3 is 2.86 bits per heavy atom. The van der Waals surface area contributed by atoms with Crippen LogP contribution < -0.4 is 10.7 Å². The van der Waals surface area contributed by atoms with Crippen LogP contribution in [0.15, 0.2) is 21.8 Å². The number of nitrogens with one attached hydrogen (secondary N) is 2. The molecular weight excluding hydrogens is 290 g/mol. The molecule has 0 fully saturated rings. The van der Waals surface area contributed by atoms with Crippen LogP contribution in [0.4, 0.5) is 10.5 Å². The van der Waals surface area contributed by atoms with Gasteiger partial charge in [0, 0.05) is 6.54 Å². The highest BCUT2D eigenvalue weighted by atomic mass is 16.6. The Hall–Kier alpha value is -2.42. The second-order valence-electron chi connectivity index (χ2n) is 4.43. The minimum atomic E-state index is -0.585. The number of urea groups is 1. The summed E-state index contributed by atoms with van der Waals surface area (Å²) >= 11 is 0. The van der Waals surface area contributed by atoms with Crippen LogP contribution in [0, 0.1) is 10.1 Å². The summed E-state index contributed by atoms with van der Waals surface area (Å²) in [5.41, 5.74) is 2.02. The fraction of sp³-hybridized carbons (Fsp3) is 0.538. The van der Waals surface area contributed by atoms with Crippen LogP contribution in [-0.4, -0.2) is 48.2 Å². The quantitative estimate of drug-likeness (QED) is 0.311. The number of carbonyl (C=O) groups is 1. The van der Waals surface area contributed by atoms with Crippen LogP contribution in [0.1, 0.15) is 26.0 Å². The first-order valence-corrected chi connectivity index (χ1v) is 7.09. The van der Waals surface area contributed by atoms with E-state index in [2.05, 4.69) is 34.6 Å². The highest BCUT2D eigenvalue weighted by molar-refractivity contribution is 5.83. The third-order valence-corrected chi connectivity index (χ3v) is 3.05. The van der Waals surface area contributed by atoms with Gasteiger partial charge in [0.2, 0.25) is 5.76 Å². The molecule has 0 radical (unpaired) electrons. The molecular formula is C13H21N5O4. The monoisotopic (exact) mass is 311 g/mol. The van der Waals surface area contributed by atoms with Crippen molar-refractivity contribution in [2.24, 2.45) is 5.10 Å². The van der Waals surface area contributed by atoms with E-state index in [-0.39, 0.29) is 11.4 Å². The Morgan fingerprint density at radius 2 is 2.23 bits per heavy atom. The largest absolute Gasteiger partial charge is 0.456 e. The van der Waals surface area contributed by atoms with Crippen LogP contribution >= 0.6 is 0 Å². The van der Waals surface area contributed by atoms with Gasteiger partial charge in [0.05, 0.1) is 23.5 Å². The van der Waals surface area contributed by atoms with Gasteiger partial charge in [-0.25, -0.2) is 10.2 Å². The van der Waals surface area contributed by atoms with E-state index in [0.29, 0.717) is 6.54 Å². The molecule has 1 heterocycles. The lowest BCUT2D eigenvalue weighted by atomic mass is 10.3. The van der Waals surface area contributed by atoms with Crippen molar-refractivity contribution >= 4 is 17.9 Å². The van der Waals surface area contributed by atoms with Gasteiger partial charge in [0.15, 0.2) is 0 Å². The van der Waals surface area contributed by atoms with Gasteiger partial charge in [-0.2, -0.15) is 5.10 Å². The van der Waals surface area contributed by atoms with E-state index in [1.165, 1.54) is 12.3 Å². The third kappa shape index (κ3) is 5.92. The molecule has 0 aliphatic rings. The number of furan rings is 1. The lowest BCUT2D eigenvalue weighted by molar-refractivity contribution is -0.385. The molecule has 0 aliphatic heterocycles. The minimum absolute atomic E-state index is 0.0215. The molecule has 0 aromatic carbocycles. The summed E-state index contributed by atoms with van der Waals surface area (Å²) in [7, 11) is 0. The van der Waals surface area contributed by atoms with Crippen LogP contribution in [0.3, 0.4) is 0 Å². The molecule has 9 nitrogen and oxygen atoms in total. The van der Waals surface area contributed by atoms with E-state index in [0.717, 1.165) is 32.3 Å². The standard InChI is InChI=1S/C13H21N5O4/c1-3-17(4-2)8-5-7-14-13(19)16-15-10-12-11(18(20)21)6-9-22-12/h6,9-10H,3-5,7-8H2,1-2H3,(H2,14,16,19).